The molecule has 41 heavy (non-hydrogen) atoms. The van der Waals surface area contributed by atoms with Gasteiger partial charge in [0.1, 0.15) is 11.9 Å². The molecule has 1 fully saturated rings. The number of aliphatic carboxylic acids is 1. The van der Waals surface area contributed by atoms with Gasteiger partial charge in [0.15, 0.2) is 0 Å². The Balaban J connectivity index is 1.34. The third kappa shape index (κ3) is 7.14. The highest BCUT2D eigenvalue weighted by Crippen LogP contribution is 2.36. The van der Waals surface area contributed by atoms with Crippen LogP contribution in [0.15, 0.2) is 83.9 Å². The van der Waals surface area contributed by atoms with Crippen LogP contribution in [-0.2, 0) is 11.3 Å². The van der Waals surface area contributed by atoms with Gasteiger partial charge in [-0.3, -0.25) is 14.6 Å². The number of phenolic OH excluding ortho intramolecular Hbond substituents is 1. The fourth-order valence-corrected chi connectivity index (χ4v) is 6.08. The monoisotopic (exact) mass is 555 g/mol. The van der Waals surface area contributed by atoms with Crippen LogP contribution in [0.4, 0.5) is 0 Å². The van der Waals surface area contributed by atoms with E-state index >= 15 is 0 Å². The van der Waals surface area contributed by atoms with Crippen LogP contribution < -0.4 is 5.43 Å². The molecule has 0 aliphatic carbocycles. The van der Waals surface area contributed by atoms with E-state index in [2.05, 4.69) is 99.7 Å². The van der Waals surface area contributed by atoms with Gasteiger partial charge in [0.05, 0.1) is 12.4 Å². The minimum Gasteiger partial charge on any atom is -0.508 e. The fraction of sp³-hybridized carbons (Fsp3) is 0.394. The molecule has 0 bridgehead atoms. The van der Waals surface area contributed by atoms with Crippen molar-refractivity contribution in [2.75, 3.05) is 19.6 Å². The Morgan fingerprint density at radius 3 is 2.46 bits per heavy atom. The standard InChI is InChI=1S/C33H41N5O3/c1-24-21-37(25(2)20-36(24)22-26-9-4-3-5-10-26)32(29-11-8-12-30(39)19-29)27-14-16-28(17-15-27)33-34-23-35-38(33)18-7-6-13-31(40)41/h3-5,8-12,14-17,19,23-25,32-33,39H,6-7,13,18,20-22H2,1-2H3,(H,34,35)(H,40,41)/t24-,25+,32-,33?/m1/s1. The number of hydrogen-bond donors (Lipinski definition) is 3. The molecule has 3 aromatic carbocycles. The zero-order valence-corrected chi connectivity index (χ0v) is 23.9. The first-order valence-electron chi connectivity index (χ1n) is 14.6. The minimum absolute atomic E-state index is 0.00445. The van der Waals surface area contributed by atoms with Crippen LogP contribution in [0.5, 0.6) is 5.75 Å². The second-order valence-electron chi connectivity index (χ2n) is 11.3. The molecule has 0 saturated carbocycles. The van der Waals surface area contributed by atoms with Crippen molar-refractivity contribution in [3.8, 4) is 5.75 Å². The number of phenols is 1. The second-order valence-corrected chi connectivity index (χ2v) is 11.3. The predicted molar refractivity (Wildman–Crippen MR) is 161 cm³/mol. The maximum Gasteiger partial charge on any atom is 0.303 e. The number of unbranched alkanes of at least 4 members (excludes halogenated alkanes) is 1. The van der Waals surface area contributed by atoms with Gasteiger partial charge in [-0.15, -0.1) is 0 Å². The summed E-state index contributed by atoms with van der Waals surface area (Å²) in [7, 11) is 0. The number of carboxylic acid groups (broad SMARTS) is 1. The number of aromatic hydroxyl groups is 1. The van der Waals surface area contributed by atoms with E-state index in [-0.39, 0.29) is 24.4 Å². The molecule has 1 saturated heterocycles. The van der Waals surface area contributed by atoms with Gasteiger partial charge in [-0.05, 0) is 61.1 Å². The van der Waals surface area contributed by atoms with Gasteiger partial charge < -0.3 is 15.6 Å². The molecule has 3 N–H and O–H groups in total. The summed E-state index contributed by atoms with van der Waals surface area (Å²) in [6, 6.07) is 27.7. The molecule has 4 atom stereocenters. The summed E-state index contributed by atoms with van der Waals surface area (Å²) in [4.78, 5) is 20.6. The summed E-state index contributed by atoms with van der Waals surface area (Å²) in [5, 5.41) is 21.4. The number of piperazine rings is 1. The lowest BCUT2D eigenvalue weighted by molar-refractivity contribution is -0.137. The van der Waals surface area contributed by atoms with Gasteiger partial charge in [0, 0.05) is 44.7 Å². The Bertz CT molecular complexity index is 1320. The summed E-state index contributed by atoms with van der Waals surface area (Å²) in [5.41, 5.74) is 7.87. The SMILES string of the molecule is C[C@@H]1CN([C@H](c2ccc(C3N=CNN3CCCCC(=O)O)cc2)c2cccc(O)c2)[C@@H](C)CN1Cc1ccccc1. The first kappa shape index (κ1) is 28.8. The third-order valence-electron chi connectivity index (χ3n) is 8.23. The summed E-state index contributed by atoms with van der Waals surface area (Å²) in [6.07, 6.45) is 3.17. The van der Waals surface area contributed by atoms with E-state index in [1.54, 1.807) is 12.4 Å². The lowest BCUT2D eigenvalue weighted by atomic mass is 9.92. The van der Waals surface area contributed by atoms with Gasteiger partial charge in [0.25, 0.3) is 0 Å². The Hall–Kier alpha value is -3.72. The van der Waals surface area contributed by atoms with E-state index in [0.717, 1.165) is 37.2 Å². The van der Waals surface area contributed by atoms with Crippen LogP contribution in [0.3, 0.4) is 0 Å². The molecule has 0 radical (unpaired) electrons. The van der Waals surface area contributed by atoms with Crippen molar-refractivity contribution < 1.29 is 15.0 Å². The Labute approximate surface area is 242 Å². The van der Waals surface area contributed by atoms with Crippen molar-refractivity contribution in [2.24, 2.45) is 4.99 Å². The number of carbonyl (C=O) groups is 1. The van der Waals surface area contributed by atoms with E-state index in [0.29, 0.717) is 25.0 Å². The molecule has 8 heteroatoms. The highest BCUT2D eigenvalue weighted by atomic mass is 16.4. The lowest BCUT2D eigenvalue weighted by Gasteiger charge is -2.47. The van der Waals surface area contributed by atoms with E-state index in [1.165, 1.54) is 11.1 Å². The van der Waals surface area contributed by atoms with Crippen molar-refractivity contribution in [2.45, 2.75) is 63.9 Å². The molecule has 2 aliphatic heterocycles. The summed E-state index contributed by atoms with van der Waals surface area (Å²) in [6.45, 7) is 8.14. The zero-order chi connectivity index (χ0) is 28.8. The Kier molecular flexibility index (Phi) is 9.34. The molecule has 0 spiro atoms. The zero-order valence-electron chi connectivity index (χ0n) is 23.9. The van der Waals surface area contributed by atoms with E-state index in [1.807, 2.05) is 12.1 Å². The molecular weight excluding hydrogens is 514 g/mol. The number of nitrogens with one attached hydrogen (secondary N) is 1. The Morgan fingerprint density at radius 2 is 1.73 bits per heavy atom. The predicted octanol–water partition coefficient (Wildman–Crippen LogP) is 5.18. The van der Waals surface area contributed by atoms with Crippen LogP contribution >= 0.6 is 0 Å². The average Bonchev–Trinajstić information content (AvgIpc) is 3.43. The molecule has 3 aromatic rings. The van der Waals surface area contributed by atoms with Gasteiger partial charge in [0.2, 0.25) is 0 Å². The molecule has 5 rings (SSSR count). The highest BCUT2D eigenvalue weighted by molar-refractivity contribution is 5.66. The number of nitrogens with zero attached hydrogens (tertiary/aromatic N) is 4. The summed E-state index contributed by atoms with van der Waals surface area (Å²) >= 11 is 0. The molecule has 2 heterocycles. The third-order valence-corrected chi connectivity index (χ3v) is 8.23. The molecule has 8 nitrogen and oxygen atoms in total. The van der Waals surface area contributed by atoms with Crippen LogP contribution in [-0.4, -0.2) is 69.0 Å². The van der Waals surface area contributed by atoms with Crippen LogP contribution in [0.2, 0.25) is 0 Å². The van der Waals surface area contributed by atoms with E-state index < -0.39 is 5.97 Å². The fourth-order valence-electron chi connectivity index (χ4n) is 6.08. The Morgan fingerprint density at radius 1 is 0.951 bits per heavy atom. The topological polar surface area (TPSA) is 91.6 Å². The maximum atomic E-state index is 10.9. The second kappa shape index (κ2) is 13.3. The van der Waals surface area contributed by atoms with Crippen molar-refractivity contribution in [1.82, 2.24) is 20.2 Å². The average molecular weight is 556 g/mol. The lowest BCUT2D eigenvalue weighted by Crippen LogP contribution is -2.56. The first-order chi connectivity index (χ1) is 19.9. The number of aliphatic imine (C=N–C) groups is 1. The molecule has 0 amide bonds. The normalized spacial score (nSPS) is 22.4. The minimum atomic E-state index is -0.759. The van der Waals surface area contributed by atoms with Crippen molar-refractivity contribution in [1.29, 1.82) is 0 Å². The molecule has 0 aromatic heterocycles. The first-order valence-corrected chi connectivity index (χ1v) is 14.6. The van der Waals surface area contributed by atoms with Crippen LogP contribution in [0.1, 0.15) is 67.6 Å². The number of hydrazine groups is 1. The molecule has 1 unspecified atom stereocenters. The van der Waals surface area contributed by atoms with Crippen molar-refractivity contribution >= 4 is 12.3 Å². The number of carboxylic acids is 1. The largest absolute Gasteiger partial charge is 0.508 e. The van der Waals surface area contributed by atoms with Gasteiger partial charge >= 0.3 is 5.97 Å². The van der Waals surface area contributed by atoms with Crippen molar-refractivity contribution in [3.05, 3.63) is 101 Å². The summed E-state index contributed by atoms with van der Waals surface area (Å²) in [5.74, 6) is -0.483. The van der Waals surface area contributed by atoms with Gasteiger partial charge in [-0.25, -0.2) is 4.99 Å². The summed E-state index contributed by atoms with van der Waals surface area (Å²) < 4.78 is 0. The smallest absolute Gasteiger partial charge is 0.303 e. The number of rotatable bonds is 11. The van der Waals surface area contributed by atoms with Crippen LogP contribution in [0, 0.1) is 0 Å². The number of benzene rings is 3. The molecule has 2 aliphatic rings. The molecule has 216 valence electrons. The van der Waals surface area contributed by atoms with Crippen LogP contribution in [0.25, 0.3) is 0 Å². The number of hydrogen-bond acceptors (Lipinski definition) is 7. The van der Waals surface area contributed by atoms with E-state index in [4.69, 9.17) is 5.11 Å². The van der Waals surface area contributed by atoms with Gasteiger partial charge in [-0.1, -0.05) is 66.7 Å². The van der Waals surface area contributed by atoms with Gasteiger partial charge in [-0.2, -0.15) is 5.01 Å². The quantitative estimate of drug-likeness (QED) is 0.281. The van der Waals surface area contributed by atoms with E-state index in [9.17, 15) is 9.90 Å². The maximum absolute atomic E-state index is 10.9. The highest BCUT2D eigenvalue weighted by Gasteiger charge is 2.35. The van der Waals surface area contributed by atoms with Crippen molar-refractivity contribution in [3.63, 3.8) is 0 Å². The molecular formula is C33H41N5O3.